The Morgan fingerprint density at radius 3 is 2.23 bits per heavy atom. The Balaban J connectivity index is 1.51. The second-order valence-corrected chi connectivity index (χ2v) is 15.1. The van der Waals surface area contributed by atoms with Crippen molar-refractivity contribution in [3.8, 4) is 0 Å². The third-order valence-corrected chi connectivity index (χ3v) is 9.23. The Morgan fingerprint density at radius 1 is 1.10 bits per heavy atom. The van der Waals surface area contributed by atoms with E-state index >= 15 is 0 Å². The van der Waals surface area contributed by atoms with Gasteiger partial charge in [-0.2, -0.15) is 0 Å². The molecule has 2 saturated heterocycles. The van der Waals surface area contributed by atoms with Gasteiger partial charge in [0.2, 0.25) is 21.8 Å². The monoisotopic (exact) mass is 572 g/mol. The highest BCUT2D eigenvalue weighted by atomic mass is 32.2. The van der Waals surface area contributed by atoms with Gasteiger partial charge in [0, 0.05) is 18.9 Å². The number of ether oxygens (including phenoxy) is 2. The highest BCUT2D eigenvalue weighted by Crippen LogP contribution is 2.51. The van der Waals surface area contributed by atoms with Crippen molar-refractivity contribution in [3.63, 3.8) is 0 Å². The van der Waals surface area contributed by atoms with E-state index in [1.54, 1.807) is 41.5 Å². The third-order valence-electron chi connectivity index (χ3n) is 7.41. The van der Waals surface area contributed by atoms with Crippen molar-refractivity contribution >= 4 is 33.8 Å². The van der Waals surface area contributed by atoms with Crippen LogP contribution in [0.15, 0.2) is 0 Å². The Hall–Kier alpha value is -2.45. The zero-order valence-electron chi connectivity index (χ0n) is 23.3. The molecule has 0 spiro atoms. The normalized spacial score (nSPS) is 31.2. The van der Waals surface area contributed by atoms with Crippen LogP contribution in [0.25, 0.3) is 0 Å². The SMILES string of the molecule is CC(C)(C)OC(=O)N[C@H](C(=O)N1C[C@H](O)C[C@H]1C(=O)N[C@]1(C(=O)NS(=O)(=O)C2CC2)C[C@H]1C1CO1)C(C)(C)C. The molecule has 0 aromatic carbocycles. The molecule has 0 bridgehead atoms. The van der Waals surface area contributed by atoms with E-state index in [9.17, 15) is 32.7 Å². The van der Waals surface area contributed by atoms with Gasteiger partial charge >= 0.3 is 6.09 Å². The summed E-state index contributed by atoms with van der Waals surface area (Å²) in [6.45, 7) is 10.6. The van der Waals surface area contributed by atoms with Gasteiger partial charge in [-0.25, -0.2) is 13.2 Å². The summed E-state index contributed by atoms with van der Waals surface area (Å²) in [6.07, 6.45) is -1.01. The molecular weight excluding hydrogens is 532 g/mol. The third kappa shape index (κ3) is 6.65. The van der Waals surface area contributed by atoms with E-state index in [1.165, 1.54) is 4.90 Å². The van der Waals surface area contributed by atoms with Gasteiger partial charge in [-0.15, -0.1) is 0 Å². The molecule has 39 heavy (non-hydrogen) atoms. The largest absolute Gasteiger partial charge is 0.444 e. The minimum Gasteiger partial charge on any atom is -0.444 e. The number of carbonyl (C=O) groups is 4. The maximum atomic E-state index is 13.7. The van der Waals surface area contributed by atoms with Crippen molar-refractivity contribution in [2.45, 2.75) is 108 Å². The molecule has 0 aromatic heterocycles. The maximum absolute atomic E-state index is 13.7. The summed E-state index contributed by atoms with van der Waals surface area (Å²) in [5.74, 6) is -2.49. The summed E-state index contributed by atoms with van der Waals surface area (Å²) in [5, 5.41) is 15.1. The minimum absolute atomic E-state index is 0.0798. The standard InChI is InChI=1S/C25H40N4O9S/c1-23(2,3)18(26-22(34)38-24(4,5)6)20(32)29-11-13(30)9-16(29)19(31)27-25(10-15(25)17-12-37-17)21(33)28-39(35,36)14-7-8-14/h13-18,30H,7-12H2,1-6H3,(H,26,34)(H,27,31)(H,28,33)/t13-,15+,16+,17?,18-,25-/m1/s1. The molecule has 4 aliphatic rings. The Labute approximate surface area is 228 Å². The molecule has 220 valence electrons. The number of carbonyl (C=O) groups excluding carboxylic acids is 4. The first-order chi connectivity index (χ1) is 17.8. The number of amides is 4. The number of hydrogen-bond acceptors (Lipinski definition) is 9. The number of likely N-dealkylation sites (tertiary alicyclic amines) is 1. The van der Waals surface area contributed by atoms with Crippen molar-refractivity contribution < 1.29 is 42.2 Å². The topological polar surface area (TPSA) is 184 Å². The fraction of sp³-hybridized carbons (Fsp3) is 0.840. The number of sulfonamides is 1. The minimum atomic E-state index is -3.85. The summed E-state index contributed by atoms with van der Waals surface area (Å²) in [7, 11) is -3.85. The van der Waals surface area contributed by atoms with Crippen LogP contribution in [0, 0.1) is 11.3 Å². The van der Waals surface area contributed by atoms with E-state index in [4.69, 9.17) is 9.47 Å². The molecule has 0 aromatic rings. The van der Waals surface area contributed by atoms with E-state index in [-0.39, 0.29) is 25.5 Å². The summed E-state index contributed by atoms with van der Waals surface area (Å²) in [4.78, 5) is 54.1. The number of alkyl carbamates (subject to hydrolysis) is 1. The molecule has 2 heterocycles. The predicted octanol–water partition coefficient (Wildman–Crippen LogP) is -0.230. The van der Waals surface area contributed by atoms with Crippen LogP contribution in [-0.2, 0) is 33.9 Å². The average Bonchev–Trinajstić information content (AvgIpc) is 3.62. The van der Waals surface area contributed by atoms with Crippen LogP contribution in [0.4, 0.5) is 4.79 Å². The number of β-amino-alcohol motifs (C(OH)–C–C–N with tert-alkyl or cyclic N) is 1. The van der Waals surface area contributed by atoms with Gasteiger partial charge in [0.15, 0.2) is 0 Å². The number of rotatable bonds is 8. The number of aliphatic hydroxyl groups excluding tert-OH is 1. The number of aliphatic hydroxyl groups is 1. The van der Waals surface area contributed by atoms with Crippen LogP contribution in [0.2, 0.25) is 0 Å². The molecule has 4 fully saturated rings. The lowest BCUT2D eigenvalue weighted by atomic mass is 9.85. The van der Waals surface area contributed by atoms with Gasteiger partial charge in [0.05, 0.1) is 24.1 Å². The van der Waals surface area contributed by atoms with Crippen LogP contribution in [-0.4, -0.2) is 96.1 Å². The molecule has 14 heteroatoms. The highest BCUT2D eigenvalue weighted by Gasteiger charge is 2.68. The van der Waals surface area contributed by atoms with Crippen LogP contribution >= 0.6 is 0 Å². The second kappa shape index (κ2) is 9.88. The number of nitrogens with zero attached hydrogens (tertiary/aromatic N) is 1. The summed E-state index contributed by atoms with van der Waals surface area (Å²) in [5.41, 5.74) is -3.05. The second-order valence-electron chi connectivity index (χ2n) is 13.2. The van der Waals surface area contributed by atoms with Gasteiger partial charge in [0.1, 0.15) is 23.2 Å². The van der Waals surface area contributed by atoms with E-state index in [0.29, 0.717) is 19.4 Å². The molecule has 2 saturated carbocycles. The quantitative estimate of drug-likeness (QED) is 0.285. The molecule has 1 unspecified atom stereocenters. The Bertz CT molecular complexity index is 1140. The Morgan fingerprint density at radius 2 is 1.72 bits per heavy atom. The van der Waals surface area contributed by atoms with E-state index in [1.807, 2.05) is 0 Å². The summed E-state index contributed by atoms with van der Waals surface area (Å²) < 4.78 is 37.6. The fourth-order valence-electron chi connectivity index (χ4n) is 5.02. The van der Waals surface area contributed by atoms with Crippen molar-refractivity contribution in [2.75, 3.05) is 13.2 Å². The lowest BCUT2D eigenvalue weighted by molar-refractivity contribution is -0.143. The first-order valence-corrected chi connectivity index (χ1v) is 14.9. The van der Waals surface area contributed by atoms with Crippen LogP contribution < -0.4 is 15.4 Å². The van der Waals surface area contributed by atoms with E-state index in [0.717, 1.165) is 0 Å². The number of nitrogens with one attached hydrogen (secondary N) is 3. The highest BCUT2D eigenvalue weighted by molar-refractivity contribution is 7.91. The van der Waals surface area contributed by atoms with Crippen LogP contribution in [0.1, 0.15) is 67.2 Å². The average molecular weight is 573 g/mol. The number of epoxide rings is 1. The van der Waals surface area contributed by atoms with Crippen LogP contribution in [0.5, 0.6) is 0 Å². The van der Waals surface area contributed by atoms with Gasteiger partial charge in [0.25, 0.3) is 5.91 Å². The molecule has 0 radical (unpaired) electrons. The van der Waals surface area contributed by atoms with Crippen molar-refractivity contribution in [1.82, 2.24) is 20.3 Å². The van der Waals surface area contributed by atoms with Gasteiger partial charge in [-0.1, -0.05) is 20.8 Å². The fourth-order valence-corrected chi connectivity index (χ4v) is 6.38. The first kappa shape index (κ1) is 29.5. The molecule has 6 atom stereocenters. The number of hydrogen-bond donors (Lipinski definition) is 4. The van der Waals surface area contributed by atoms with Crippen molar-refractivity contribution in [3.05, 3.63) is 0 Å². The maximum Gasteiger partial charge on any atom is 0.408 e. The molecule has 2 aliphatic heterocycles. The first-order valence-electron chi connectivity index (χ1n) is 13.3. The summed E-state index contributed by atoms with van der Waals surface area (Å²) in [6, 6.07) is -2.22. The van der Waals surface area contributed by atoms with Crippen LogP contribution in [0.3, 0.4) is 0 Å². The van der Waals surface area contributed by atoms with Crippen molar-refractivity contribution in [1.29, 1.82) is 0 Å². The molecule has 4 amide bonds. The van der Waals surface area contributed by atoms with Gasteiger partial charge < -0.3 is 30.1 Å². The molecule has 2 aliphatic carbocycles. The summed E-state index contributed by atoms with van der Waals surface area (Å²) >= 11 is 0. The lowest BCUT2D eigenvalue weighted by Gasteiger charge is -2.36. The van der Waals surface area contributed by atoms with E-state index < -0.39 is 79.7 Å². The van der Waals surface area contributed by atoms with Crippen molar-refractivity contribution in [2.24, 2.45) is 11.3 Å². The van der Waals surface area contributed by atoms with Gasteiger partial charge in [-0.3, -0.25) is 19.1 Å². The Kier molecular flexibility index (Phi) is 7.48. The lowest BCUT2D eigenvalue weighted by Crippen LogP contribution is -2.60. The molecule has 13 nitrogen and oxygen atoms in total. The smallest absolute Gasteiger partial charge is 0.408 e. The zero-order valence-corrected chi connectivity index (χ0v) is 24.1. The molecule has 4 N–H and O–H groups in total. The molecular formula is C25H40N4O9S. The zero-order chi connectivity index (χ0) is 29.1. The molecule has 4 rings (SSSR count). The van der Waals surface area contributed by atoms with Gasteiger partial charge in [-0.05, 0) is 45.4 Å². The van der Waals surface area contributed by atoms with E-state index in [2.05, 4.69) is 15.4 Å². The predicted molar refractivity (Wildman–Crippen MR) is 138 cm³/mol.